The van der Waals surface area contributed by atoms with Crippen LogP contribution in [0.25, 0.3) is 0 Å². The van der Waals surface area contributed by atoms with E-state index in [1.54, 1.807) is 24.3 Å². The zero-order valence-corrected chi connectivity index (χ0v) is 21.4. The van der Waals surface area contributed by atoms with Gasteiger partial charge in [0.2, 0.25) is 11.8 Å². The maximum absolute atomic E-state index is 13.8. The Hall–Kier alpha value is -4.59. The lowest BCUT2D eigenvalue weighted by Crippen LogP contribution is -2.45. The normalized spacial score (nSPS) is 23.0. The van der Waals surface area contributed by atoms with Crippen LogP contribution in [0.2, 0.25) is 0 Å². The molecule has 8 nitrogen and oxygen atoms in total. The fourth-order valence-electron chi connectivity index (χ4n) is 6.43. The van der Waals surface area contributed by atoms with Gasteiger partial charge in [-0.1, -0.05) is 48.5 Å². The molecular formula is C31H26N2O6. The molecule has 0 saturated carbocycles. The van der Waals surface area contributed by atoms with Gasteiger partial charge in [0, 0.05) is 23.1 Å². The van der Waals surface area contributed by atoms with Crippen LogP contribution in [0.3, 0.4) is 0 Å². The van der Waals surface area contributed by atoms with Crippen LogP contribution in [0.15, 0.2) is 72.8 Å². The summed E-state index contributed by atoms with van der Waals surface area (Å²) in [6.07, 6.45) is 0. The Balaban J connectivity index is 1.18. The minimum Gasteiger partial charge on any atom is -0.454 e. The molecule has 1 aliphatic heterocycles. The van der Waals surface area contributed by atoms with Crippen LogP contribution in [0, 0.1) is 11.8 Å². The summed E-state index contributed by atoms with van der Waals surface area (Å²) in [7, 11) is 0. The second kappa shape index (κ2) is 9.31. The highest BCUT2D eigenvalue weighted by atomic mass is 16.5. The number of hydrogen-bond acceptors (Lipinski definition) is 6. The lowest BCUT2D eigenvalue weighted by atomic mass is 9.55. The fraction of sp³-hybridized carbons (Fsp3) is 0.258. The number of benzene rings is 3. The topological polar surface area (TPSA) is 110 Å². The summed E-state index contributed by atoms with van der Waals surface area (Å²) in [5.74, 6) is -4.00. The van der Waals surface area contributed by atoms with Gasteiger partial charge >= 0.3 is 5.97 Å². The molecule has 3 amide bonds. The van der Waals surface area contributed by atoms with Crippen molar-refractivity contribution in [3.8, 4) is 0 Å². The van der Waals surface area contributed by atoms with Gasteiger partial charge in [-0.3, -0.25) is 24.1 Å². The minimum atomic E-state index is -1.18. The molecule has 39 heavy (non-hydrogen) atoms. The van der Waals surface area contributed by atoms with E-state index in [0.717, 1.165) is 27.2 Å². The Kier molecular flexibility index (Phi) is 5.90. The highest BCUT2D eigenvalue weighted by Crippen LogP contribution is 2.61. The third-order valence-electron chi connectivity index (χ3n) is 8.13. The van der Waals surface area contributed by atoms with Crippen molar-refractivity contribution in [3.63, 3.8) is 0 Å². The number of ketones is 1. The van der Waals surface area contributed by atoms with E-state index in [-0.39, 0.29) is 29.4 Å². The second-order valence-electron chi connectivity index (χ2n) is 10.3. The Morgan fingerprint density at radius 1 is 0.795 bits per heavy atom. The summed E-state index contributed by atoms with van der Waals surface area (Å²) in [6, 6.07) is 21.0. The molecule has 1 fully saturated rings. The SMILES string of the molecule is CC(=O)c1ccc(NC(=O)COC(=O)[C@@H](C)N2C(=O)[C@@H]3C4c5ccccc5C(c5ccccc54)[C@@H]3C2=O)cc1. The predicted octanol–water partition coefficient (Wildman–Crippen LogP) is 3.65. The number of carbonyl (C=O) groups is 5. The molecule has 3 aromatic carbocycles. The van der Waals surface area contributed by atoms with Gasteiger partial charge in [0.05, 0.1) is 11.8 Å². The fourth-order valence-corrected chi connectivity index (χ4v) is 6.43. The van der Waals surface area contributed by atoms with Crippen LogP contribution in [0.5, 0.6) is 0 Å². The van der Waals surface area contributed by atoms with E-state index < -0.39 is 36.4 Å². The molecular weight excluding hydrogens is 496 g/mol. The maximum Gasteiger partial charge on any atom is 0.329 e. The lowest BCUT2D eigenvalue weighted by Gasteiger charge is -2.45. The zero-order valence-electron chi connectivity index (χ0n) is 21.4. The van der Waals surface area contributed by atoms with Crippen molar-refractivity contribution in [2.45, 2.75) is 31.7 Å². The summed E-state index contributed by atoms with van der Waals surface area (Å²) in [6.45, 7) is 2.32. The first-order valence-electron chi connectivity index (χ1n) is 12.9. The molecule has 7 rings (SSSR count). The Bertz CT molecular complexity index is 1430. The molecule has 196 valence electrons. The first-order chi connectivity index (χ1) is 18.8. The van der Waals surface area contributed by atoms with Crippen LogP contribution in [-0.2, 0) is 23.9 Å². The number of ether oxygens (including phenoxy) is 1. The number of nitrogens with one attached hydrogen (secondary N) is 1. The number of carbonyl (C=O) groups excluding carboxylic acids is 5. The highest BCUT2D eigenvalue weighted by molar-refractivity contribution is 6.10. The van der Waals surface area contributed by atoms with Gasteiger partial charge < -0.3 is 10.1 Å². The van der Waals surface area contributed by atoms with Gasteiger partial charge in [-0.25, -0.2) is 4.79 Å². The van der Waals surface area contributed by atoms with Crippen LogP contribution in [-0.4, -0.2) is 47.0 Å². The van der Waals surface area contributed by atoms with Crippen molar-refractivity contribution in [3.05, 3.63) is 101 Å². The number of likely N-dealkylation sites (tertiary alicyclic amines) is 1. The van der Waals surface area contributed by atoms with Crippen molar-refractivity contribution in [2.75, 3.05) is 11.9 Å². The largest absolute Gasteiger partial charge is 0.454 e. The second-order valence-corrected chi connectivity index (χ2v) is 10.3. The van der Waals surface area contributed by atoms with E-state index in [1.165, 1.54) is 13.8 Å². The van der Waals surface area contributed by atoms with Crippen molar-refractivity contribution >= 4 is 35.2 Å². The van der Waals surface area contributed by atoms with Gasteiger partial charge in [0.1, 0.15) is 6.04 Å². The molecule has 0 aromatic heterocycles. The molecule has 0 radical (unpaired) electrons. The molecule has 2 bridgehead atoms. The Labute approximate surface area is 225 Å². The Morgan fingerprint density at radius 3 is 1.69 bits per heavy atom. The smallest absolute Gasteiger partial charge is 0.329 e. The van der Waals surface area contributed by atoms with Gasteiger partial charge in [0.25, 0.3) is 5.91 Å². The molecule has 1 heterocycles. The number of amides is 3. The first kappa shape index (κ1) is 24.7. The van der Waals surface area contributed by atoms with Crippen molar-refractivity contribution in [1.29, 1.82) is 0 Å². The number of rotatable bonds is 6. The monoisotopic (exact) mass is 522 g/mol. The van der Waals surface area contributed by atoms with Crippen molar-refractivity contribution in [2.24, 2.45) is 11.8 Å². The quantitative estimate of drug-likeness (QED) is 0.301. The van der Waals surface area contributed by atoms with Crippen LogP contribution < -0.4 is 5.32 Å². The number of anilines is 1. The number of nitrogens with zero attached hydrogens (tertiary/aromatic N) is 1. The summed E-state index contributed by atoms with van der Waals surface area (Å²) in [5, 5.41) is 2.60. The van der Waals surface area contributed by atoms with E-state index in [9.17, 15) is 24.0 Å². The molecule has 8 heteroatoms. The third kappa shape index (κ3) is 3.86. The average Bonchev–Trinajstić information content (AvgIpc) is 3.21. The summed E-state index contributed by atoms with van der Waals surface area (Å²) in [5.41, 5.74) is 5.15. The van der Waals surface area contributed by atoms with E-state index in [0.29, 0.717) is 11.3 Å². The van der Waals surface area contributed by atoms with Gasteiger partial charge in [-0.2, -0.15) is 0 Å². The number of esters is 1. The number of Topliss-reactive ketones (excluding diaryl/α,β-unsaturated/α-hetero) is 1. The summed E-state index contributed by atoms with van der Waals surface area (Å²) >= 11 is 0. The average molecular weight is 523 g/mol. The molecule has 3 aromatic rings. The van der Waals surface area contributed by atoms with E-state index in [2.05, 4.69) is 5.32 Å². The zero-order chi connectivity index (χ0) is 27.4. The standard InChI is InChI=1S/C31H26N2O6/c1-16(31(38)39-15-24(35)32-19-13-11-18(12-14-19)17(2)34)33-29(36)27-25-20-7-3-4-8-21(20)26(28(27)30(33)37)23-10-6-5-9-22(23)25/h3-14,16,25-28H,15H2,1-2H3,(H,32,35)/t16-,25?,26?,27-,28+/m1/s1. The Morgan fingerprint density at radius 2 is 1.26 bits per heavy atom. The molecule has 3 aliphatic carbocycles. The summed E-state index contributed by atoms with van der Waals surface area (Å²) < 4.78 is 5.20. The van der Waals surface area contributed by atoms with Gasteiger partial charge in [-0.15, -0.1) is 0 Å². The van der Waals surface area contributed by atoms with Crippen LogP contribution in [0.4, 0.5) is 5.69 Å². The predicted molar refractivity (Wildman–Crippen MR) is 141 cm³/mol. The molecule has 4 aliphatic rings. The molecule has 1 N–H and O–H groups in total. The molecule has 1 saturated heterocycles. The van der Waals surface area contributed by atoms with Gasteiger partial charge in [0.15, 0.2) is 12.4 Å². The van der Waals surface area contributed by atoms with Gasteiger partial charge in [-0.05, 0) is 60.4 Å². The summed E-state index contributed by atoms with van der Waals surface area (Å²) in [4.78, 5) is 65.2. The third-order valence-corrected chi connectivity index (χ3v) is 8.13. The van der Waals surface area contributed by atoms with Crippen LogP contribution >= 0.6 is 0 Å². The number of hydrogen-bond donors (Lipinski definition) is 1. The highest BCUT2D eigenvalue weighted by Gasteiger charge is 2.62. The molecule has 0 unspecified atom stereocenters. The lowest BCUT2D eigenvalue weighted by molar-refractivity contribution is -0.159. The number of imide groups is 1. The van der Waals surface area contributed by atoms with Crippen molar-refractivity contribution < 1.29 is 28.7 Å². The molecule has 0 spiro atoms. The van der Waals surface area contributed by atoms with Crippen LogP contribution in [0.1, 0.15) is 58.3 Å². The van der Waals surface area contributed by atoms with Crippen molar-refractivity contribution in [1.82, 2.24) is 4.90 Å². The maximum atomic E-state index is 13.8. The van der Waals surface area contributed by atoms with E-state index >= 15 is 0 Å². The minimum absolute atomic E-state index is 0.0950. The molecule has 3 atom stereocenters. The first-order valence-corrected chi connectivity index (χ1v) is 12.9. The van der Waals surface area contributed by atoms with E-state index in [4.69, 9.17) is 4.74 Å². The van der Waals surface area contributed by atoms with E-state index in [1.807, 2.05) is 48.5 Å².